The van der Waals surface area contributed by atoms with E-state index >= 15 is 0 Å². The number of benzene rings is 2. The van der Waals surface area contributed by atoms with Gasteiger partial charge in [0.2, 0.25) is 0 Å². The lowest BCUT2D eigenvalue weighted by Crippen LogP contribution is -2.59. The Bertz CT molecular complexity index is 1090. The number of hydrogen-bond acceptors (Lipinski definition) is 4. The highest BCUT2D eigenvalue weighted by Gasteiger charge is 2.38. The van der Waals surface area contributed by atoms with Crippen LogP contribution in [0.4, 0.5) is 4.79 Å². The molecule has 7 rings (SSSR count). The molecule has 3 aromatic rings. The molecule has 4 aliphatic rings. The van der Waals surface area contributed by atoms with Crippen LogP contribution in [0.5, 0.6) is 0 Å². The van der Waals surface area contributed by atoms with E-state index in [1.165, 1.54) is 43.4 Å². The number of fused-ring (bicyclic) bond motifs is 4. The van der Waals surface area contributed by atoms with Crippen molar-refractivity contribution in [2.45, 2.75) is 31.3 Å². The molecule has 3 saturated heterocycles. The van der Waals surface area contributed by atoms with Crippen LogP contribution < -0.4 is 5.32 Å². The number of rotatable bonds is 3. The van der Waals surface area contributed by atoms with E-state index in [2.05, 4.69) is 56.7 Å². The summed E-state index contributed by atoms with van der Waals surface area (Å²) >= 11 is 0. The van der Waals surface area contributed by atoms with Gasteiger partial charge < -0.3 is 15.1 Å². The normalized spacial score (nSPS) is 26.6. The van der Waals surface area contributed by atoms with Crippen LogP contribution in [0.1, 0.15) is 35.6 Å². The van der Waals surface area contributed by atoms with Gasteiger partial charge in [-0.2, -0.15) is 5.10 Å². The van der Waals surface area contributed by atoms with E-state index < -0.39 is 0 Å². The Balaban J connectivity index is 1.30. The minimum Gasteiger partial charge on any atom is -0.334 e. The molecule has 5 heterocycles. The molecule has 4 aliphatic heterocycles. The second kappa shape index (κ2) is 8.06. The van der Waals surface area contributed by atoms with E-state index in [-0.39, 0.29) is 18.1 Å². The van der Waals surface area contributed by atoms with Gasteiger partial charge in [-0.25, -0.2) is 14.5 Å². The Morgan fingerprint density at radius 3 is 2.53 bits per heavy atom. The van der Waals surface area contributed by atoms with E-state index in [4.69, 9.17) is 0 Å². The lowest BCUT2D eigenvalue weighted by atomic mass is 9.84. The van der Waals surface area contributed by atoms with Gasteiger partial charge in [0.1, 0.15) is 12.7 Å². The lowest BCUT2D eigenvalue weighted by Gasteiger charge is -2.46. The predicted octanol–water partition coefficient (Wildman–Crippen LogP) is 3.02. The summed E-state index contributed by atoms with van der Waals surface area (Å²) in [5.41, 5.74) is 4.62. The Hall–Kier alpha value is -3.19. The maximum Gasteiger partial charge on any atom is 0.318 e. The number of aromatic nitrogens is 3. The monoisotopic (exact) mass is 428 g/mol. The maximum atomic E-state index is 13.6. The number of nitrogens with one attached hydrogen (secondary N) is 1. The van der Waals surface area contributed by atoms with Crippen LogP contribution in [-0.4, -0.2) is 62.8 Å². The molecule has 0 saturated carbocycles. The quantitative estimate of drug-likeness (QED) is 0.697. The average Bonchev–Trinajstić information content (AvgIpc) is 3.39. The molecular weight excluding hydrogens is 400 g/mol. The van der Waals surface area contributed by atoms with Crippen molar-refractivity contribution in [3.63, 3.8) is 0 Å². The number of urea groups is 1. The molecule has 7 heteroatoms. The van der Waals surface area contributed by atoms with Crippen LogP contribution in [0.25, 0.3) is 5.69 Å². The van der Waals surface area contributed by atoms with E-state index in [1.807, 2.05) is 17.0 Å². The van der Waals surface area contributed by atoms with Crippen molar-refractivity contribution >= 4 is 6.03 Å². The first-order valence-corrected chi connectivity index (χ1v) is 11.6. The van der Waals surface area contributed by atoms with Crippen LogP contribution in [-0.2, 0) is 6.42 Å². The molecular formula is C25H28N6O. The third-order valence-electron chi connectivity index (χ3n) is 7.40. The Labute approximate surface area is 188 Å². The highest BCUT2D eigenvalue weighted by atomic mass is 16.2. The van der Waals surface area contributed by atoms with Crippen LogP contribution in [0.15, 0.2) is 61.2 Å². The smallest absolute Gasteiger partial charge is 0.318 e. The highest BCUT2D eigenvalue weighted by molar-refractivity contribution is 5.76. The first-order chi connectivity index (χ1) is 15.8. The molecule has 2 aromatic carbocycles. The van der Waals surface area contributed by atoms with Crippen molar-refractivity contribution < 1.29 is 4.79 Å². The van der Waals surface area contributed by atoms with E-state index in [1.54, 1.807) is 11.0 Å². The average molecular weight is 429 g/mol. The van der Waals surface area contributed by atoms with Crippen LogP contribution in [0.3, 0.4) is 0 Å². The number of amides is 2. The van der Waals surface area contributed by atoms with Gasteiger partial charge in [0.25, 0.3) is 0 Å². The van der Waals surface area contributed by atoms with Crippen molar-refractivity contribution in [2.75, 3.05) is 26.2 Å². The predicted molar refractivity (Wildman–Crippen MR) is 122 cm³/mol. The first kappa shape index (κ1) is 19.5. The fourth-order valence-corrected chi connectivity index (χ4v) is 5.67. The number of nitrogens with zero attached hydrogens (tertiary/aromatic N) is 5. The molecule has 0 spiro atoms. The van der Waals surface area contributed by atoms with Gasteiger partial charge in [-0.15, -0.1) is 0 Å². The summed E-state index contributed by atoms with van der Waals surface area (Å²) in [5.74, 6) is 0.612. The molecule has 1 aromatic heterocycles. The van der Waals surface area contributed by atoms with Gasteiger partial charge in [-0.3, -0.25) is 0 Å². The van der Waals surface area contributed by atoms with Gasteiger partial charge in [0, 0.05) is 19.1 Å². The van der Waals surface area contributed by atoms with Crippen LogP contribution in [0.2, 0.25) is 0 Å². The minimum absolute atomic E-state index is 0.0589. The summed E-state index contributed by atoms with van der Waals surface area (Å²) in [7, 11) is 0. The maximum absolute atomic E-state index is 13.6. The molecule has 2 amide bonds. The molecule has 2 atom stereocenters. The largest absolute Gasteiger partial charge is 0.334 e. The van der Waals surface area contributed by atoms with E-state index in [0.717, 1.165) is 30.8 Å². The second-order valence-electron chi connectivity index (χ2n) is 9.17. The third-order valence-corrected chi connectivity index (χ3v) is 7.40. The number of carbonyl (C=O) groups is 1. The fraction of sp³-hybridized carbons (Fsp3) is 0.400. The fourth-order valence-electron chi connectivity index (χ4n) is 5.67. The van der Waals surface area contributed by atoms with Gasteiger partial charge in [-0.05, 0) is 67.1 Å². The summed E-state index contributed by atoms with van der Waals surface area (Å²) in [5, 5.41) is 7.63. The molecule has 1 N–H and O–H groups in total. The summed E-state index contributed by atoms with van der Waals surface area (Å²) < 4.78 is 1.75. The van der Waals surface area contributed by atoms with Crippen molar-refractivity contribution in [1.29, 1.82) is 0 Å². The Morgan fingerprint density at radius 2 is 1.81 bits per heavy atom. The zero-order chi connectivity index (χ0) is 21.5. The van der Waals surface area contributed by atoms with Crippen molar-refractivity contribution in [2.24, 2.45) is 5.92 Å². The summed E-state index contributed by atoms with van der Waals surface area (Å²) in [6.45, 7) is 4.06. The van der Waals surface area contributed by atoms with E-state index in [0.29, 0.717) is 5.92 Å². The SMILES string of the molecule is O=C(N[C@@H]1CN2CCC1CC2)N1CCc2ccccc2[C@@H]1c1ccc(-n2cncn2)cc1. The highest BCUT2D eigenvalue weighted by Crippen LogP contribution is 2.36. The van der Waals surface area contributed by atoms with Gasteiger partial charge >= 0.3 is 6.03 Å². The van der Waals surface area contributed by atoms with Crippen LogP contribution in [0, 0.1) is 5.92 Å². The third kappa shape index (κ3) is 3.46. The summed E-state index contributed by atoms with van der Waals surface area (Å²) in [6.07, 6.45) is 6.50. The lowest BCUT2D eigenvalue weighted by molar-refractivity contribution is 0.0715. The second-order valence-corrected chi connectivity index (χ2v) is 9.17. The molecule has 0 unspecified atom stereocenters. The summed E-state index contributed by atoms with van der Waals surface area (Å²) in [6, 6.07) is 17.1. The molecule has 7 nitrogen and oxygen atoms in total. The topological polar surface area (TPSA) is 66.3 Å². The Kier molecular flexibility index (Phi) is 4.91. The molecule has 164 valence electrons. The zero-order valence-electron chi connectivity index (χ0n) is 18.1. The minimum atomic E-state index is -0.0918. The number of carbonyl (C=O) groups excluding carboxylic acids is 1. The molecule has 32 heavy (non-hydrogen) atoms. The van der Waals surface area contributed by atoms with Crippen molar-refractivity contribution in [1.82, 2.24) is 29.9 Å². The summed E-state index contributed by atoms with van der Waals surface area (Å²) in [4.78, 5) is 22.1. The molecule has 0 radical (unpaired) electrons. The van der Waals surface area contributed by atoms with E-state index in [9.17, 15) is 4.79 Å². The Morgan fingerprint density at radius 1 is 1.00 bits per heavy atom. The molecule has 2 bridgehead atoms. The molecule has 0 aliphatic carbocycles. The van der Waals surface area contributed by atoms with Crippen LogP contribution >= 0.6 is 0 Å². The standard InChI is InChI=1S/C25H28N6O/c32-25(28-23-15-29-12-9-19(23)10-13-29)30-14-11-18-3-1-2-4-22(18)24(30)20-5-7-21(8-6-20)31-17-26-16-27-31/h1-8,16-17,19,23-24H,9-15H2,(H,28,32)/t23-,24+/m1/s1. The van der Waals surface area contributed by atoms with Gasteiger partial charge in [-0.1, -0.05) is 36.4 Å². The van der Waals surface area contributed by atoms with Gasteiger partial charge in [0.15, 0.2) is 0 Å². The van der Waals surface area contributed by atoms with Crippen molar-refractivity contribution in [3.05, 3.63) is 77.9 Å². The number of hydrogen-bond donors (Lipinski definition) is 1. The number of piperidine rings is 3. The first-order valence-electron chi connectivity index (χ1n) is 11.6. The molecule has 3 fully saturated rings. The van der Waals surface area contributed by atoms with Gasteiger partial charge in [0.05, 0.1) is 11.7 Å². The zero-order valence-corrected chi connectivity index (χ0v) is 18.1. The van der Waals surface area contributed by atoms with Crippen molar-refractivity contribution in [3.8, 4) is 5.69 Å².